The Balaban J connectivity index is 0.00000200. The van der Waals surface area contributed by atoms with Gasteiger partial charge in [-0.05, 0) is 0 Å². The molecule has 1 fully saturated rings. The van der Waals surface area contributed by atoms with Crippen LogP contribution in [0, 0.1) is 0 Å². The second-order valence-corrected chi connectivity index (χ2v) is 7.36. The van der Waals surface area contributed by atoms with E-state index in [-0.39, 0.29) is 30.0 Å². The Morgan fingerprint density at radius 2 is 2.25 bits per heavy atom. The molecule has 6 nitrogen and oxygen atoms in total. The second kappa shape index (κ2) is 7.40. The average Bonchev–Trinajstić information content (AvgIpc) is 2.83. The van der Waals surface area contributed by atoms with Crippen LogP contribution in [0.25, 0.3) is 0 Å². The van der Waals surface area contributed by atoms with Gasteiger partial charge in [-0.1, -0.05) is 6.92 Å². The van der Waals surface area contributed by atoms with Crippen molar-refractivity contribution < 1.29 is 8.42 Å². The molecule has 116 valence electrons. The number of rotatable bonds is 5. The Kier molecular flexibility index (Phi) is 6.44. The molecule has 2 rings (SSSR count). The van der Waals surface area contributed by atoms with E-state index in [2.05, 4.69) is 15.2 Å². The van der Waals surface area contributed by atoms with Gasteiger partial charge in [-0.2, -0.15) is 0 Å². The van der Waals surface area contributed by atoms with Crippen LogP contribution in [0.5, 0.6) is 0 Å². The molecule has 1 aromatic heterocycles. The van der Waals surface area contributed by atoms with Crippen molar-refractivity contribution >= 4 is 22.2 Å². The third-order valence-electron chi connectivity index (χ3n) is 3.64. The number of halogens is 1. The first-order valence-electron chi connectivity index (χ1n) is 6.66. The standard InChI is InChI=1S/C12H22N4O2S.ClH/c1-3-19(17,18)9-8-16-7-4-13-10-11(16)12-14-5-6-15(12)2;/h5-6,11,13H,3-4,7-10H2,1-2H3;1H. The molecule has 1 aliphatic rings. The number of hydrogen-bond acceptors (Lipinski definition) is 5. The number of sulfone groups is 1. The van der Waals surface area contributed by atoms with Crippen molar-refractivity contribution in [3.8, 4) is 0 Å². The normalized spacial score (nSPS) is 20.6. The van der Waals surface area contributed by atoms with Gasteiger partial charge in [-0.3, -0.25) is 4.90 Å². The van der Waals surface area contributed by atoms with Crippen LogP contribution in [0.2, 0.25) is 0 Å². The van der Waals surface area contributed by atoms with E-state index in [4.69, 9.17) is 0 Å². The highest BCUT2D eigenvalue weighted by Gasteiger charge is 2.27. The molecular formula is C12H23ClN4O2S. The Morgan fingerprint density at radius 3 is 2.85 bits per heavy atom. The first-order valence-corrected chi connectivity index (χ1v) is 8.48. The smallest absolute Gasteiger partial charge is 0.151 e. The fraction of sp³-hybridized carbons (Fsp3) is 0.750. The van der Waals surface area contributed by atoms with E-state index in [1.807, 2.05) is 17.8 Å². The zero-order valence-corrected chi connectivity index (χ0v) is 13.6. The highest BCUT2D eigenvalue weighted by molar-refractivity contribution is 7.91. The van der Waals surface area contributed by atoms with Crippen molar-refractivity contribution in [3.05, 3.63) is 18.2 Å². The van der Waals surface area contributed by atoms with Gasteiger partial charge in [0.05, 0.1) is 11.8 Å². The number of hydrogen-bond donors (Lipinski definition) is 1. The molecular weight excluding hydrogens is 300 g/mol. The summed E-state index contributed by atoms with van der Waals surface area (Å²) in [6.45, 7) is 4.85. The summed E-state index contributed by atoms with van der Waals surface area (Å²) >= 11 is 0. The number of nitrogens with zero attached hydrogens (tertiary/aromatic N) is 3. The third-order valence-corrected chi connectivity index (χ3v) is 5.32. The van der Waals surface area contributed by atoms with Crippen LogP contribution in [0.4, 0.5) is 0 Å². The minimum Gasteiger partial charge on any atom is -0.337 e. The minimum atomic E-state index is -2.91. The van der Waals surface area contributed by atoms with Crippen molar-refractivity contribution in [2.24, 2.45) is 7.05 Å². The van der Waals surface area contributed by atoms with E-state index >= 15 is 0 Å². The van der Waals surface area contributed by atoms with Gasteiger partial charge in [0.25, 0.3) is 0 Å². The minimum absolute atomic E-state index is 0. The maximum absolute atomic E-state index is 11.6. The molecule has 0 saturated carbocycles. The van der Waals surface area contributed by atoms with Gasteiger partial charge < -0.3 is 9.88 Å². The largest absolute Gasteiger partial charge is 0.337 e. The maximum Gasteiger partial charge on any atom is 0.151 e. The molecule has 0 amide bonds. The Hall–Kier alpha value is -0.630. The van der Waals surface area contributed by atoms with Gasteiger partial charge in [0.2, 0.25) is 0 Å². The summed E-state index contributed by atoms with van der Waals surface area (Å²) in [5, 5.41) is 3.35. The van der Waals surface area contributed by atoms with Gasteiger partial charge in [0, 0.05) is 51.4 Å². The van der Waals surface area contributed by atoms with Crippen LogP contribution in [0.3, 0.4) is 0 Å². The van der Waals surface area contributed by atoms with E-state index in [1.54, 1.807) is 13.1 Å². The summed E-state index contributed by atoms with van der Waals surface area (Å²) in [5.74, 6) is 1.43. The quantitative estimate of drug-likeness (QED) is 0.840. The zero-order chi connectivity index (χ0) is 13.9. The summed E-state index contributed by atoms with van der Waals surface area (Å²) in [6, 6.07) is 0.154. The van der Waals surface area contributed by atoms with Crippen molar-refractivity contribution in [1.29, 1.82) is 0 Å². The Morgan fingerprint density at radius 1 is 1.50 bits per heavy atom. The predicted molar refractivity (Wildman–Crippen MR) is 82.0 cm³/mol. The fourth-order valence-corrected chi connectivity index (χ4v) is 3.17. The maximum atomic E-state index is 11.6. The van der Waals surface area contributed by atoms with Crippen molar-refractivity contribution in [2.75, 3.05) is 37.7 Å². The third kappa shape index (κ3) is 4.18. The fourth-order valence-electron chi connectivity index (χ4n) is 2.37. The van der Waals surface area contributed by atoms with Crippen molar-refractivity contribution in [3.63, 3.8) is 0 Å². The summed E-state index contributed by atoms with van der Waals surface area (Å²) in [5.41, 5.74) is 0. The van der Waals surface area contributed by atoms with Crippen molar-refractivity contribution in [1.82, 2.24) is 19.8 Å². The molecule has 2 heterocycles. The number of piperazine rings is 1. The molecule has 0 aliphatic carbocycles. The molecule has 8 heteroatoms. The molecule has 1 atom stereocenters. The van der Waals surface area contributed by atoms with Gasteiger partial charge in [0.1, 0.15) is 5.82 Å². The molecule has 20 heavy (non-hydrogen) atoms. The lowest BCUT2D eigenvalue weighted by Gasteiger charge is -2.35. The second-order valence-electron chi connectivity index (χ2n) is 4.89. The molecule has 0 bridgehead atoms. The van der Waals surface area contributed by atoms with E-state index in [1.165, 1.54) is 0 Å². The van der Waals surface area contributed by atoms with Crippen LogP contribution in [-0.4, -0.2) is 60.6 Å². The van der Waals surface area contributed by atoms with Crippen molar-refractivity contribution in [2.45, 2.75) is 13.0 Å². The Bertz CT molecular complexity index is 517. The number of imidazole rings is 1. The molecule has 0 aromatic carbocycles. The molecule has 0 radical (unpaired) electrons. The van der Waals surface area contributed by atoms with E-state index in [0.717, 1.165) is 25.5 Å². The topological polar surface area (TPSA) is 67.2 Å². The number of aryl methyl sites for hydroxylation is 1. The van der Waals surface area contributed by atoms with E-state index in [9.17, 15) is 8.42 Å². The lowest BCUT2D eigenvalue weighted by atomic mass is 10.2. The van der Waals surface area contributed by atoms with Crippen LogP contribution in [0.15, 0.2) is 12.4 Å². The van der Waals surface area contributed by atoms with Gasteiger partial charge in [-0.25, -0.2) is 13.4 Å². The number of nitrogens with one attached hydrogen (secondary N) is 1. The molecule has 1 aromatic rings. The summed E-state index contributed by atoms with van der Waals surface area (Å²) in [6.07, 6.45) is 3.70. The Labute approximate surface area is 126 Å². The SMILES string of the molecule is CCS(=O)(=O)CCN1CCNCC1c1nccn1C.Cl. The van der Waals surface area contributed by atoms with Crippen LogP contribution in [0.1, 0.15) is 18.8 Å². The molecule has 1 saturated heterocycles. The lowest BCUT2D eigenvalue weighted by molar-refractivity contribution is 0.162. The predicted octanol–water partition coefficient (Wildman–Crippen LogP) is 0.223. The van der Waals surface area contributed by atoms with E-state index in [0.29, 0.717) is 6.54 Å². The first kappa shape index (κ1) is 17.4. The average molecular weight is 323 g/mol. The summed E-state index contributed by atoms with van der Waals surface area (Å²) < 4.78 is 25.3. The highest BCUT2D eigenvalue weighted by atomic mass is 35.5. The lowest BCUT2D eigenvalue weighted by Crippen LogP contribution is -2.48. The highest BCUT2D eigenvalue weighted by Crippen LogP contribution is 2.20. The first-order chi connectivity index (χ1) is 9.03. The van der Waals surface area contributed by atoms with Crippen LogP contribution in [-0.2, 0) is 16.9 Å². The van der Waals surface area contributed by atoms with Crippen LogP contribution >= 0.6 is 12.4 Å². The molecule has 1 aliphatic heterocycles. The van der Waals surface area contributed by atoms with Gasteiger partial charge in [0.15, 0.2) is 9.84 Å². The van der Waals surface area contributed by atoms with Crippen LogP contribution < -0.4 is 5.32 Å². The van der Waals surface area contributed by atoms with Gasteiger partial charge >= 0.3 is 0 Å². The van der Waals surface area contributed by atoms with Gasteiger partial charge in [-0.15, -0.1) is 12.4 Å². The molecule has 1 unspecified atom stereocenters. The molecule has 1 N–H and O–H groups in total. The zero-order valence-electron chi connectivity index (χ0n) is 11.9. The monoisotopic (exact) mass is 322 g/mol. The summed E-state index contributed by atoms with van der Waals surface area (Å²) in [4.78, 5) is 6.60. The molecule has 0 spiro atoms. The number of aromatic nitrogens is 2. The summed E-state index contributed by atoms with van der Waals surface area (Å²) in [7, 11) is -0.940. The van der Waals surface area contributed by atoms with E-state index < -0.39 is 9.84 Å².